The normalized spacial score (nSPS) is 21.3. The van der Waals surface area contributed by atoms with E-state index in [1.54, 1.807) is 7.05 Å². The Hall–Kier alpha value is -2.13. The van der Waals surface area contributed by atoms with Crippen LogP contribution < -0.4 is 5.69 Å². The maximum Gasteiger partial charge on any atom is 0.408 e. The van der Waals surface area contributed by atoms with Crippen molar-refractivity contribution in [3.63, 3.8) is 0 Å². The minimum atomic E-state index is -4.36. The molecule has 4 rings (SSSR count). The molecule has 1 fully saturated rings. The summed E-state index contributed by atoms with van der Waals surface area (Å²) < 4.78 is 42.9. The number of hydrogen-bond acceptors (Lipinski definition) is 4. The molecule has 0 saturated heterocycles. The van der Waals surface area contributed by atoms with E-state index >= 15 is 0 Å². The van der Waals surface area contributed by atoms with Gasteiger partial charge in [0.2, 0.25) is 0 Å². The number of halogens is 3. The van der Waals surface area contributed by atoms with Crippen LogP contribution in [0.25, 0.3) is 0 Å². The van der Waals surface area contributed by atoms with E-state index in [2.05, 4.69) is 15.2 Å². The van der Waals surface area contributed by atoms with Gasteiger partial charge < -0.3 is 0 Å². The van der Waals surface area contributed by atoms with E-state index in [-0.39, 0.29) is 17.5 Å². The Morgan fingerprint density at radius 2 is 1.85 bits per heavy atom. The average molecular weight is 370 g/mol. The van der Waals surface area contributed by atoms with E-state index in [4.69, 9.17) is 0 Å². The second-order valence-electron chi connectivity index (χ2n) is 7.25. The highest BCUT2D eigenvalue weighted by Crippen LogP contribution is 2.35. The fraction of sp³-hybridized carbons (Fsp3) is 0.750. The molecule has 0 unspecified atom stereocenters. The molecule has 1 aliphatic carbocycles. The van der Waals surface area contributed by atoms with E-state index in [0.717, 1.165) is 30.4 Å². The van der Waals surface area contributed by atoms with Crippen LogP contribution in [0, 0.1) is 0 Å². The van der Waals surface area contributed by atoms with Crippen molar-refractivity contribution in [1.82, 2.24) is 29.1 Å². The van der Waals surface area contributed by atoms with Crippen molar-refractivity contribution < 1.29 is 13.2 Å². The van der Waals surface area contributed by atoms with Gasteiger partial charge in [-0.25, -0.2) is 19.1 Å². The molecule has 0 spiro atoms. The second-order valence-corrected chi connectivity index (χ2v) is 7.25. The first-order valence-corrected chi connectivity index (χ1v) is 8.96. The molecular formula is C16H21F3N6O. The maximum absolute atomic E-state index is 13.0. The summed E-state index contributed by atoms with van der Waals surface area (Å²) in [5.74, 6) is 1.40. The van der Waals surface area contributed by atoms with Crippen molar-refractivity contribution in [2.45, 2.75) is 69.6 Å². The second kappa shape index (κ2) is 6.24. The molecular weight excluding hydrogens is 349 g/mol. The van der Waals surface area contributed by atoms with E-state index in [1.165, 1.54) is 9.25 Å². The van der Waals surface area contributed by atoms with Crippen molar-refractivity contribution >= 4 is 0 Å². The minimum absolute atomic E-state index is 0.142. The standard InChI is InChI=1S/C16H21F3N6O/c1-23-15(26)24-8-11(6-7-12(24)21-23)14-20-13(10-4-2-3-5-10)22-25(14)9-16(17,18)19/h10-11H,2-9H2,1H3/t11-/m0/s1. The zero-order chi connectivity index (χ0) is 18.5. The van der Waals surface area contributed by atoms with Gasteiger partial charge in [0.05, 0.1) is 0 Å². The zero-order valence-corrected chi connectivity index (χ0v) is 14.5. The number of aryl methyl sites for hydroxylation is 2. The van der Waals surface area contributed by atoms with Gasteiger partial charge in [-0.3, -0.25) is 4.57 Å². The van der Waals surface area contributed by atoms with Gasteiger partial charge >= 0.3 is 11.9 Å². The van der Waals surface area contributed by atoms with Crippen LogP contribution in [0.4, 0.5) is 13.2 Å². The van der Waals surface area contributed by atoms with Crippen LogP contribution in [0.2, 0.25) is 0 Å². The smallest absolute Gasteiger partial charge is 0.278 e. The molecule has 0 amide bonds. The van der Waals surface area contributed by atoms with Crippen LogP contribution in [0.15, 0.2) is 4.79 Å². The number of aromatic nitrogens is 6. The Balaban J connectivity index is 1.68. The summed E-state index contributed by atoms with van der Waals surface area (Å²) in [6.45, 7) is -0.851. The first-order valence-electron chi connectivity index (χ1n) is 8.96. The van der Waals surface area contributed by atoms with Gasteiger partial charge in [0.1, 0.15) is 18.2 Å². The van der Waals surface area contributed by atoms with Gasteiger partial charge in [-0.1, -0.05) is 12.8 Å². The van der Waals surface area contributed by atoms with Crippen LogP contribution in [-0.2, 0) is 26.6 Å². The summed E-state index contributed by atoms with van der Waals surface area (Å²) in [7, 11) is 1.58. The van der Waals surface area contributed by atoms with Crippen molar-refractivity contribution in [1.29, 1.82) is 0 Å². The number of nitrogens with zero attached hydrogens (tertiary/aromatic N) is 6. The van der Waals surface area contributed by atoms with Crippen molar-refractivity contribution in [2.75, 3.05) is 0 Å². The third kappa shape index (κ3) is 3.16. The molecule has 10 heteroatoms. The molecule has 2 aliphatic rings. The number of rotatable bonds is 3. The van der Waals surface area contributed by atoms with Crippen LogP contribution >= 0.6 is 0 Å². The third-order valence-electron chi connectivity index (χ3n) is 5.34. The lowest BCUT2D eigenvalue weighted by Gasteiger charge is -2.22. The van der Waals surface area contributed by atoms with Gasteiger partial charge in [0, 0.05) is 31.8 Å². The van der Waals surface area contributed by atoms with Gasteiger partial charge in [-0.05, 0) is 19.3 Å². The highest BCUT2D eigenvalue weighted by molar-refractivity contribution is 5.09. The summed E-state index contributed by atoms with van der Waals surface area (Å²) in [6.07, 6.45) is 0.756. The molecule has 0 aromatic carbocycles. The summed E-state index contributed by atoms with van der Waals surface area (Å²) in [4.78, 5) is 16.7. The number of fused-ring (bicyclic) bond motifs is 1. The van der Waals surface area contributed by atoms with Gasteiger partial charge in [-0.15, -0.1) is 0 Å². The Morgan fingerprint density at radius 1 is 1.12 bits per heavy atom. The molecule has 1 atom stereocenters. The van der Waals surface area contributed by atoms with Crippen molar-refractivity contribution in [3.05, 3.63) is 28.0 Å². The van der Waals surface area contributed by atoms with Crippen LogP contribution in [0.1, 0.15) is 61.4 Å². The molecule has 0 radical (unpaired) electrons. The van der Waals surface area contributed by atoms with E-state index in [1.807, 2.05) is 0 Å². The zero-order valence-electron chi connectivity index (χ0n) is 14.5. The summed E-state index contributed by atoms with van der Waals surface area (Å²) in [6, 6.07) is 0. The Morgan fingerprint density at radius 3 is 2.54 bits per heavy atom. The molecule has 0 bridgehead atoms. The number of hydrogen-bond donors (Lipinski definition) is 0. The van der Waals surface area contributed by atoms with Crippen LogP contribution in [0.3, 0.4) is 0 Å². The Kier molecular flexibility index (Phi) is 4.15. The fourth-order valence-corrected chi connectivity index (χ4v) is 4.07. The number of alkyl halides is 3. The van der Waals surface area contributed by atoms with Crippen molar-refractivity contribution in [3.8, 4) is 0 Å². The largest absolute Gasteiger partial charge is 0.408 e. The lowest BCUT2D eigenvalue weighted by molar-refractivity contribution is -0.143. The quantitative estimate of drug-likeness (QED) is 0.830. The summed E-state index contributed by atoms with van der Waals surface area (Å²) in [5.41, 5.74) is -0.248. The monoisotopic (exact) mass is 370 g/mol. The third-order valence-corrected chi connectivity index (χ3v) is 5.34. The maximum atomic E-state index is 13.0. The van der Waals surface area contributed by atoms with Crippen LogP contribution in [-0.4, -0.2) is 35.3 Å². The molecule has 3 heterocycles. The SMILES string of the molecule is Cn1nc2n(c1=O)C[C@@H](c1nc(C3CCCC3)nn1CC(F)(F)F)CC2. The summed E-state index contributed by atoms with van der Waals surface area (Å²) >= 11 is 0. The molecule has 2 aromatic rings. The predicted molar refractivity (Wildman–Crippen MR) is 85.8 cm³/mol. The molecule has 0 N–H and O–H groups in total. The molecule has 1 saturated carbocycles. The molecule has 1 aliphatic heterocycles. The summed E-state index contributed by atoms with van der Waals surface area (Å²) in [5, 5.41) is 8.39. The van der Waals surface area contributed by atoms with E-state index in [0.29, 0.717) is 36.9 Å². The fourth-order valence-electron chi connectivity index (χ4n) is 4.07. The Labute approximate surface area is 147 Å². The highest BCUT2D eigenvalue weighted by atomic mass is 19.4. The molecule has 142 valence electrons. The van der Waals surface area contributed by atoms with Gasteiger partial charge in [0.25, 0.3) is 0 Å². The lowest BCUT2D eigenvalue weighted by Crippen LogP contribution is -2.31. The van der Waals surface area contributed by atoms with Crippen LogP contribution in [0.5, 0.6) is 0 Å². The predicted octanol–water partition coefficient (Wildman–Crippen LogP) is 2.12. The first-order chi connectivity index (χ1) is 12.3. The topological polar surface area (TPSA) is 70.5 Å². The first kappa shape index (κ1) is 17.3. The van der Waals surface area contributed by atoms with Gasteiger partial charge in [-0.2, -0.15) is 23.4 Å². The average Bonchev–Trinajstić information content (AvgIpc) is 3.27. The van der Waals surface area contributed by atoms with E-state index in [9.17, 15) is 18.0 Å². The van der Waals surface area contributed by atoms with Gasteiger partial charge in [0.15, 0.2) is 5.82 Å². The Bertz CT molecular complexity index is 858. The molecule has 7 nitrogen and oxygen atoms in total. The minimum Gasteiger partial charge on any atom is -0.278 e. The van der Waals surface area contributed by atoms with E-state index < -0.39 is 12.7 Å². The molecule has 2 aromatic heterocycles. The lowest BCUT2D eigenvalue weighted by atomic mass is 9.98. The highest BCUT2D eigenvalue weighted by Gasteiger charge is 2.35. The molecule has 26 heavy (non-hydrogen) atoms. The van der Waals surface area contributed by atoms with Crippen molar-refractivity contribution in [2.24, 2.45) is 7.05 Å².